The van der Waals surface area contributed by atoms with Crippen molar-refractivity contribution in [2.75, 3.05) is 6.61 Å². The number of hydrogen-bond acceptors (Lipinski definition) is 3. The molecule has 3 heteroatoms. The van der Waals surface area contributed by atoms with Gasteiger partial charge in [0.25, 0.3) is 0 Å². The van der Waals surface area contributed by atoms with Gasteiger partial charge in [0.1, 0.15) is 5.75 Å². The van der Waals surface area contributed by atoms with Crippen LogP contribution in [0.25, 0.3) is 0 Å². The maximum absolute atomic E-state index is 9.51. The monoisotopic (exact) mass is 167 g/mol. The minimum Gasteiger partial charge on any atom is -0.507 e. The molecule has 1 aromatic carbocycles. The van der Waals surface area contributed by atoms with Crippen LogP contribution in [0.3, 0.4) is 0 Å². The number of rotatable bonds is 2. The summed E-state index contributed by atoms with van der Waals surface area (Å²) in [6, 6.07) is 4.82. The number of aryl methyl sites for hydroxylation is 1. The predicted molar refractivity (Wildman–Crippen MR) is 46.9 cm³/mol. The van der Waals surface area contributed by atoms with E-state index in [1.807, 2.05) is 0 Å². The van der Waals surface area contributed by atoms with Crippen molar-refractivity contribution in [1.29, 1.82) is 0 Å². The summed E-state index contributed by atoms with van der Waals surface area (Å²) in [7, 11) is 0. The molecule has 4 N–H and O–H groups in total. The third-order valence-corrected chi connectivity index (χ3v) is 1.87. The zero-order valence-corrected chi connectivity index (χ0v) is 6.99. The third-order valence-electron chi connectivity index (χ3n) is 1.87. The molecule has 0 radical (unpaired) electrons. The van der Waals surface area contributed by atoms with Gasteiger partial charge in [0.2, 0.25) is 0 Å². The molecule has 0 saturated heterocycles. The highest BCUT2D eigenvalue weighted by atomic mass is 16.3. The topological polar surface area (TPSA) is 66.5 Å². The third kappa shape index (κ3) is 1.57. The highest BCUT2D eigenvalue weighted by Crippen LogP contribution is 2.25. The number of aliphatic hydroxyl groups is 1. The van der Waals surface area contributed by atoms with E-state index in [0.717, 1.165) is 5.56 Å². The number of hydrogen-bond donors (Lipinski definition) is 3. The van der Waals surface area contributed by atoms with Gasteiger partial charge in [-0.25, -0.2) is 0 Å². The maximum Gasteiger partial charge on any atom is 0.123 e. The van der Waals surface area contributed by atoms with E-state index in [4.69, 9.17) is 10.8 Å². The first-order valence-corrected chi connectivity index (χ1v) is 3.81. The second-order valence-corrected chi connectivity index (χ2v) is 2.80. The predicted octanol–water partition coefficient (Wildman–Crippen LogP) is 0.693. The van der Waals surface area contributed by atoms with E-state index < -0.39 is 6.04 Å². The summed E-state index contributed by atoms with van der Waals surface area (Å²) in [6.45, 7) is 1.64. The lowest BCUT2D eigenvalue weighted by Gasteiger charge is -2.11. The van der Waals surface area contributed by atoms with E-state index >= 15 is 0 Å². The summed E-state index contributed by atoms with van der Waals surface area (Å²) < 4.78 is 0. The Morgan fingerprint density at radius 2 is 2.17 bits per heavy atom. The fraction of sp³-hybridized carbons (Fsp3) is 0.333. The van der Waals surface area contributed by atoms with Gasteiger partial charge in [-0.1, -0.05) is 18.2 Å². The first-order chi connectivity index (χ1) is 5.66. The van der Waals surface area contributed by atoms with Gasteiger partial charge in [-0.2, -0.15) is 0 Å². The molecule has 3 nitrogen and oxygen atoms in total. The van der Waals surface area contributed by atoms with Crippen LogP contribution < -0.4 is 5.73 Å². The standard InChI is InChI=1S/C9H13NO2/c1-6-3-2-4-7(9(6)12)8(10)5-11/h2-4,8,11-12H,5,10H2,1H3/t8-/m0/s1. The number of phenolic OH excluding ortho intramolecular Hbond substituents is 1. The Morgan fingerprint density at radius 3 is 2.75 bits per heavy atom. The van der Waals surface area contributed by atoms with Gasteiger partial charge in [0, 0.05) is 5.56 Å². The largest absolute Gasteiger partial charge is 0.507 e. The Morgan fingerprint density at radius 1 is 1.50 bits per heavy atom. The van der Waals surface area contributed by atoms with Crippen LogP contribution in [0.15, 0.2) is 18.2 Å². The summed E-state index contributed by atoms with van der Waals surface area (Å²) in [6.07, 6.45) is 0. The molecule has 0 aliphatic carbocycles. The first kappa shape index (κ1) is 9.03. The summed E-state index contributed by atoms with van der Waals surface area (Å²) >= 11 is 0. The number of benzene rings is 1. The van der Waals surface area contributed by atoms with Crippen LogP contribution >= 0.6 is 0 Å². The summed E-state index contributed by atoms with van der Waals surface area (Å²) in [5, 5.41) is 18.3. The SMILES string of the molecule is Cc1cccc([C@@H](N)CO)c1O. The van der Waals surface area contributed by atoms with Crippen LogP contribution in [0.4, 0.5) is 0 Å². The number of nitrogens with two attached hydrogens (primary N) is 1. The van der Waals surface area contributed by atoms with Crippen molar-refractivity contribution >= 4 is 0 Å². The van der Waals surface area contributed by atoms with Crippen molar-refractivity contribution in [3.63, 3.8) is 0 Å². The Balaban J connectivity index is 3.07. The molecule has 0 heterocycles. The van der Waals surface area contributed by atoms with E-state index in [1.54, 1.807) is 25.1 Å². The molecule has 0 saturated carbocycles. The molecule has 1 rings (SSSR count). The summed E-state index contributed by atoms with van der Waals surface area (Å²) in [5.41, 5.74) is 6.92. The number of phenols is 1. The lowest BCUT2D eigenvalue weighted by atomic mass is 10.0. The fourth-order valence-corrected chi connectivity index (χ4v) is 1.08. The quantitative estimate of drug-likeness (QED) is 0.607. The number of para-hydroxylation sites is 1. The molecule has 0 aliphatic rings. The molecule has 66 valence electrons. The highest BCUT2D eigenvalue weighted by Gasteiger charge is 2.10. The van der Waals surface area contributed by atoms with Crippen LogP contribution in [0, 0.1) is 6.92 Å². The van der Waals surface area contributed by atoms with E-state index in [9.17, 15) is 5.11 Å². The average molecular weight is 167 g/mol. The lowest BCUT2D eigenvalue weighted by molar-refractivity contribution is 0.265. The normalized spacial score (nSPS) is 12.9. The average Bonchev–Trinajstić information content (AvgIpc) is 2.08. The van der Waals surface area contributed by atoms with Crippen molar-refractivity contribution in [2.24, 2.45) is 5.73 Å². The lowest BCUT2D eigenvalue weighted by Crippen LogP contribution is -2.14. The molecule has 0 unspecified atom stereocenters. The van der Waals surface area contributed by atoms with Gasteiger partial charge >= 0.3 is 0 Å². The van der Waals surface area contributed by atoms with Crippen LogP contribution in [-0.4, -0.2) is 16.8 Å². The van der Waals surface area contributed by atoms with Crippen molar-refractivity contribution < 1.29 is 10.2 Å². The Kier molecular flexibility index (Phi) is 2.68. The van der Waals surface area contributed by atoms with Crippen LogP contribution in [0.2, 0.25) is 0 Å². The van der Waals surface area contributed by atoms with Gasteiger partial charge < -0.3 is 15.9 Å². The zero-order chi connectivity index (χ0) is 9.14. The molecule has 0 aliphatic heterocycles. The smallest absolute Gasteiger partial charge is 0.123 e. The second kappa shape index (κ2) is 3.56. The molecule has 0 bridgehead atoms. The molecule has 0 amide bonds. The molecule has 1 atom stereocenters. The zero-order valence-electron chi connectivity index (χ0n) is 6.99. The summed E-state index contributed by atoms with van der Waals surface area (Å²) in [4.78, 5) is 0. The van der Waals surface area contributed by atoms with E-state index in [0.29, 0.717) is 5.56 Å². The minimum atomic E-state index is -0.495. The molecule has 12 heavy (non-hydrogen) atoms. The first-order valence-electron chi connectivity index (χ1n) is 3.81. The van der Waals surface area contributed by atoms with E-state index in [-0.39, 0.29) is 12.4 Å². The molecule has 0 aromatic heterocycles. The minimum absolute atomic E-state index is 0.156. The van der Waals surface area contributed by atoms with Gasteiger partial charge in [0.05, 0.1) is 12.6 Å². The Labute approximate surface area is 71.5 Å². The molecular formula is C9H13NO2. The highest BCUT2D eigenvalue weighted by molar-refractivity contribution is 5.41. The van der Waals surface area contributed by atoms with Gasteiger partial charge in [-0.05, 0) is 12.5 Å². The van der Waals surface area contributed by atoms with Crippen LogP contribution in [-0.2, 0) is 0 Å². The van der Waals surface area contributed by atoms with Crippen molar-refractivity contribution in [1.82, 2.24) is 0 Å². The van der Waals surface area contributed by atoms with Crippen LogP contribution in [0.1, 0.15) is 17.2 Å². The van der Waals surface area contributed by atoms with Crippen LogP contribution in [0.5, 0.6) is 5.75 Å². The Bertz CT molecular complexity index is 273. The van der Waals surface area contributed by atoms with Crippen molar-refractivity contribution in [3.05, 3.63) is 29.3 Å². The number of aliphatic hydroxyl groups excluding tert-OH is 1. The number of aromatic hydroxyl groups is 1. The van der Waals surface area contributed by atoms with Gasteiger partial charge in [0.15, 0.2) is 0 Å². The molecular weight excluding hydrogens is 154 g/mol. The van der Waals surface area contributed by atoms with Crippen molar-refractivity contribution in [3.8, 4) is 5.75 Å². The van der Waals surface area contributed by atoms with Crippen molar-refractivity contribution in [2.45, 2.75) is 13.0 Å². The second-order valence-electron chi connectivity index (χ2n) is 2.80. The molecule has 1 aromatic rings. The van der Waals surface area contributed by atoms with Gasteiger partial charge in [-0.15, -0.1) is 0 Å². The van der Waals surface area contributed by atoms with E-state index in [1.165, 1.54) is 0 Å². The summed E-state index contributed by atoms with van der Waals surface area (Å²) in [5.74, 6) is 0.180. The fourth-order valence-electron chi connectivity index (χ4n) is 1.08. The van der Waals surface area contributed by atoms with Gasteiger partial charge in [-0.3, -0.25) is 0 Å². The molecule has 0 fully saturated rings. The molecule has 0 spiro atoms. The Hall–Kier alpha value is -1.06. The van der Waals surface area contributed by atoms with E-state index in [2.05, 4.69) is 0 Å². The maximum atomic E-state index is 9.51.